The fourth-order valence-corrected chi connectivity index (χ4v) is 4.68. The quantitative estimate of drug-likeness (QED) is 0.654. The predicted molar refractivity (Wildman–Crippen MR) is 121 cm³/mol. The molecule has 1 aliphatic heterocycles. The monoisotopic (exact) mass is 425 g/mol. The number of nitrogens with one attached hydrogen (secondary N) is 1. The summed E-state index contributed by atoms with van der Waals surface area (Å²) in [5.41, 5.74) is 4.09. The minimum atomic E-state index is 0.00803. The number of carbonyl (C=O) groups is 1. The van der Waals surface area contributed by atoms with Crippen molar-refractivity contribution in [1.29, 1.82) is 0 Å². The van der Waals surface area contributed by atoms with Crippen LogP contribution < -0.4 is 5.32 Å². The molecule has 0 unspecified atom stereocenters. The molecule has 1 aromatic carbocycles. The summed E-state index contributed by atoms with van der Waals surface area (Å²) in [5.74, 6) is 0.00803. The lowest BCUT2D eigenvalue weighted by Crippen LogP contribution is -2.40. The zero-order valence-electron chi connectivity index (χ0n) is 18.8. The molecule has 1 atom stereocenters. The number of fused-ring (bicyclic) bond motifs is 1. The summed E-state index contributed by atoms with van der Waals surface area (Å²) in [4.78, 5) is 17.4. The van der Waals surface area contributed by atoms with Crippen LogP contribution in [0.15, 0.2) is 30.3 Å². The van der Waals surface area contributed by atoms with E-state index < -0.39 is 0 Å². The Kier molecular flexibility index (Phi) is 7.37. The highest BCUT2D eigenvalue weighted by Gasteiger charge is 2.29. The van der Waals surface area contributed by atoms with Gasteiger partial charge in [-0.2, -0.15) is 5.10 Å². The lowest BCUT2D eigenvalue weighted by molar-refractivity contribution is 0.0373. The molecular formula is C24H35N5O2. The minimum Gasteiger partial charge on any atom is -0.379 e. The van der Waals surface area contributed by atoms with E-state index >= 15 is 0 Å². The van der Waals surface area contributed by atoms with Gasteiger partial charge in [0.1, 0.15) is 0 Å². The van der Waals surface area contributed by atoms with Gasteiger partial charge in [-0.25, -0.2) is 0 Å². The topological polar surface area (TPSA) is 62.6 Å². The maximum atomic E-state index is 13.2. The number of carbonyl (C=O) groups excluding carboxylic acids is 1. The number of ether oxygens (including phenoxy) is 1. The summed E-state index contributed by atoms with van der Waals surface area (Å²) in [6.45, 7) is 6.53. The van der Waals surface area contributed by atoms with Gasteiger partial charge in [-0.05, 0) is 44.3 Å². The van der Waals surface area contributed by atoms with Crippen molar-refractivity contribution >= 4 is 5.91 Å². The summed E-state index contributed by atoms with van der Waals surface area (Å²) >= 11 is 0. The number of aryl methyl sites for hydroxylation is 1. The van der Waals surface area contributed by atoms with Crippen molar-refractivity contribution < 1.29 is 9.53 Å². The standard InChI is InChI=1S/C24H35N5O2/c1-27(18-19-7-4-3-5-8-19)24(30)23-21-17-20(9-10-22(21)28(2)26-23)25-11-6-12-29-13-15-31-16-14-29/h3-5,7-8,20,25H,6,9-18H2,1-2H3/t20-/m0/s1. The van der Waals surface area contributed by atoms with E-state index in [0.717, 1.165) is 76.2 Å². The summed E-state index contributed by atoms with van der Waals surface area (Å²) in [6.07, 6.45) is 4.08. The Balaban J connectivity index is 1.33. The van der Waals surface area contributed by atoms with Crippen molar-refractivity contribution in [3.8, 4) is 0 Å². The molecule has 7 nitrogen and oxygen atoms in total. The van der Waals surface area contributed by atoms with E-state index in [9.17, 15) is 4.79 Å². The Morgan fingerprint density at radius 3 is 2.81 bits per heavy atom. The van der Waals surface area contributed by atoms with Crippen LogP contribution in [0.1, 0.15) is 40.2 Å². The van der Waals surface area contributed by atoms with Crippen LogP contribution in [0.4, 0.5) is 0 Å². The van der Waals surface area contributed by atoms with E-state index in [1.807, 2.05) is 37.0 Å². The molecule has 1 aliphatic carbocycles. The molecule has 1 amide bonds. The molecule has 2 heterocycles. The Morgan fingerprint density at radius 1 is 1.26 bits per heavy atom. The molecule has 0 radical (unpaired) electrons. The van der Waals surface area contributed by atoms with Crippen LogP contribution in [-0.2, 0) is 31.2 Å². The van der Waals surface area contributed by atoms with Gasteiger partial charge in [0.15, 0.2) is 5.69 Å². The van der Waals surface area contributed by atoms with E-state index in [4.69, 9.17) is 4.74 Å². The summed E-state index contributed by atoms with van der Waals surface area (Å²) in [7, 11) is 3.82. The van der Waals surface area contributed by atoms with Gasteiger partial charge in [-0.15, -0.1) is 0 Å². The Bertz CT molecular complexity index is 860. The third-order valence-corrected chi connectivity index (χ3v) is 6.45. The van der Waals surface area contributed by atoms with Crippen molar-refractivity contribution in [2.24, 2.45) is 7.05 Å². The van der Waals surface area contributed by atoms with Crippen molar-refractivity contribution in [2.75, 3.05) is 46.4 Å². The molecule has 168 valence electrons. The normalized spacial score (nSPS) is 19.2. The number of hydrogen-bond donors (Lipinski definition) is 1. The fourth-order valence-electron chi connectivity index (χ4n) is 4.68. The second-order valence-corrected chi connectivity index (χ2v) is 8.75. The van der Waals surface area contributed by atoms with Gasteiger partial charge in [-0.1, -0.05) is 30.3 Å². The number of hydrogen-bond acceptors (Lipinski definition) is 5. The highest BCUT2D eigenvalue weighted by atomic mass is 16.5. The van der Waals surface area contributed by atoms with Crippen molar-refractivity contribution in [3.63, 3.8) is 0 Å². The number of rotatable bonds is 8. The average molecular weight is 426 g/mol. The second kappa shape index (κ2) is 10.4. The van der Waals surface area contributed by atoms with E-state index in [1.54, 1.807) is 4.90 Å². The Labute approximate surface area is 185 Å². The van der Waals surface area contributed by atoms with Crippen LogP contribution in [0.5, 0.6) is 0 Å². The van der Waals surface area contributed by atoms with Crippen molar-refractivity contribution in [3.05, 3.63) is 52.8 Å². The van der Waals surface area contributed by atoms with Gasteiger partial charge < -0.3 is 15.0 Å². The first-order valence-corrected chi connectivity index (χ1v) is 11.5. The lowest BCUT2D eigenvalue weighted by Gasteiger charge is -2.28. The summed E-state index contributed by atoms with van der Waals surface area (Å²) in [6, 6.07) is 10.5. The zero-order valence-corrected chi connectivity index (χ0v) is 18.8. The molecule has 7 heteroatoms. The van der Waals surface area contributed by atoms with Gasteiger partial charge in [0.2, 0.25) is 0 Å². The number of aromatic nitrogens is 2. The SMILES string of the molecule is CN(Cc1ccccc1)C(=O)c1nn(C)c2c1C[C@@H](NCCCN1CCOCC1)CC2. The molecule has 0 saturated carbocycles. The van der Waals surface area contributed by atoms with Crippen LogP contribution in [0.2, 0.25) is 0 Å². The lowest BCUT2D eigenvalue weighted by atomic mass is 9.91. The van der Waals surface area contributed by atoms with Gasteiger partial charge in [0, 0.05) is 51.0 Å². The first kappa shape index (κ1) is 22.0. The van der Waals surface area contributed by atoms with Crippen molar-refractivity contribution in [1.82, 2.24) is 24.9 Å². The third-order valence-electron chi connectivity index (χ3n) is 6.45. The van der Waals surface area contributed by atoms with Crippen LogP contribution in [0, 0.1) is 0 Å². The summed E-state index contributed by atoms with van der Waals surface area (Å²) in [5, 5.41) is 8.35. The number of benzene rings is 1. The van der Waals surface area contributed by atoms with Gasteiger partial charge in [0.05, 0.1) is 13.2 Å². The molecule has 31 heavy (non-hydrogen) atoms. The number of amides is 1. The van der Waals surface area contributed by atoms with Crippen molar-refractivity contribution in [2.45, 2.75) is 38.3 Å². The Morgan fingerprint density at radius 2 is 2.03 bits per heavy atom. The average Bonchev–Trinajstić information content (AvgIpc) is 3.13. The Hall–Kier alpha value is -2.22. The second-order valence-electron chi connectivity index (χ2n) is 8.75. The van der Waals surface area contributed by atoms with E-state index in [2.05, 4.69) is 27.4 Å². The molecule has 0 bridgehead atoms. The van der Waals surface area contributed by atoms with E-state index in [0.29, 0.717) is 18.3 Å². The van der Waals surface area contributed by atoms with Gasteiger partial charge >= 0.3 is 0 Å². The molecule has 1 aromatic heterocycles. The van der Waals surface area contributed by atoms with E-state index in [1.165, 1.54) is 5.69 Å². The molecule has 1 N–H and O–H groups in total. The van der Waals surface area contributed by atoms with Crippen LogP contribution in [-0.4, -0.2) is 78.0 Å². The number of morpholine rings is 1. The predicted octanol–water partition coefficient (Wildman–Crippen LogP) is 1.86. The van der Waals surface area contributed by atoms with Crippen LogP contribution >= 0.6 is 0 Å². The van der Waals surface area contributed by atoms with E-state index in [-0.39, 0.29) is 5.91 Å². The molecule has 4 rings (SSSR count). The largest absolute Gasteiger partial charge is 0.379 e. The molecular weight excluding hydrogens is 390 g/mol. The fraction of sp³-hybridized carbons (Fsp3) is 0.583. The molecule has 2 aromatic rings. The van der Waals surface area contributed by atoms with Gasteiger partial charge in [-0.3, -0.25) is 14.4 Å². The highest BCUT2D eigenvalue weighted by molar-refractivity contribution is 5.94. The first-order valence-electron chi connectivity index (χ1n) is 11.5. The minimum absolute atomic E-state index is 0.00803. The zero-order chi connectivity index (χ0) is 21.6. The first-order chi connectivity index (χ1) is 15.1. The maximum absolute atomic E-state index is 13.2. The highest BCUT2D eigenvalue weighted by Crippen LogP contribution is 2.25. The van der Waals surface area contributed by atoms with Crippen LogP contribution in [0.25, 0.3) is 0 Å². The molecule has 0 spiro atoms. The molecule has 1 saturated heterocycles. The third kappa shape index (κ3) is 5.53. The maximum Gasteiger partial charge on any atom is 0.274 e. The molecule has 1 fully saturated rings. The molecule has 2 aliphatic rings. The summed E-state index contributed by atoms with van der Waals surface area (Å²) < 4.78 is 7.33. The van der Waals surface area contributed by atoms with Crippen LogP contribution in [0.3, 0.4) is 0 Å². The number of nitrogens with zero attached hydrogens (tertiary/aromatic N) is 4. The smallest absolute Gasteiger partial charge is 0.274 e. The van der Waals surface area contributed by atoms with Gasteiger partial charge in [0.25, 0.3) is 5.91 Å².